The zero-order valence-electron chi connectivity index (χ0n) is 9.52. The molecule has 0 radical (unpaired) electrons. The zero-order chi connectivity index (χ0) is 13.8. The second-order valence-corrected chi connectivity index (χ2v) is 4.50. The highest BCUT2D eigenvalue weighted by atomic mass is 79.9. The van der Waals surface area contributed by atoms with E-state index in [9.17, 15) is 17.6 Å². The smallest absolute Gasteiger partial charge is 0.370 e. The van der Waals surface area contributed by atoms with Crippen LogP contribution in [0.5, 0.6) is 0 Å². The Balaban J connectivity index is 2.63. The molecule has 0 aliphatic carbocycles. The van der Waals surface area contributed by atoms with Gasteiger partial charge in [0.1, 0.15) is 12.4 Å². The summed E-state index contributed by atoms with van der Waals surface area (Å²) in [5, 5.41) is 2.82. The molecule has 0 aliphatic rings. The van der Waals surface area contributed by atoms with Gasteiger partial charge in [0.05, 0.1) is 17.1 Å². The molecule has 102 valence electrons. The van der Waals surface area contributed by atoms with Gasteiger partial charge in [0, 0.05) is 0 Å². The molecule has 2 nitrogen and oxygen atoms in total. The molecule has 0 aromatic heterocycles. The summed E-state index contributed by atoms with van der Waals surface area (Å²) >= 11 is 3.02. The summed E-state index contributed by atoms with van der Waals surface area (Å²) in [5.41, 5.74) is 0.646. The number of hydrogen-bond donors (Lipinski definition) is 1. The van der Waals surface area contributed by atoms with Gasteiger partial charge in [-0.1, -0.05) is 6.07 Å². The molecule has 0 fully saturated rings. The molecule has 1 unspecified atom stereocenters. The molecule has 0 amide bonds. The molecule has 1 atom stereocenters. The third kappa shape index (κ3) is 4.91. The highest BCUT2D eigenvalue weighted by molar-refractivity contribution is 9.10. The molecule has 18 heavy (non-hydrogen) atoms. The molecule has 1 aromatic rings. The molecule has 0 aliphatic heterocycles. The van der Waals surface area contributed by atoms with E-state index in [0.717, 1.165) is 0 Å². The number of nitrogens with one attached hydrogen (secondary N) is 1. The van der Waals surface area contributed by atoms with Crippen LogP contribution in [-0.4, -0.2) is 26.4 Å². The highest BCUT2D eigenvalue weighted by Gasteiger charge is 2.28. The highest BCUT2D eigenvalue weighted by Crippen LogP contribution is 2.22. The van der Waals surface area contributed by atoms with E-state index in [4.69, 9.17) is 0 Å². The van der Waals surface area contributed by atoms with Crippen molar-refractivity contribution < 1.29 is 22.3 Å². The first-order valence-electron chi connectivity index (χ1n) is 5.10. The summed E-state index contributed by atoms with van der Waals surface area (Å²) in [6.45, 7) is -1.44. The Labute approximate surface area is 110 Å². The van der Waals surface area contributed by atoms with Crippen LogP contribution in [-0.2, 0) is 4.74 Å². The van der Waals surface area contributed by atoms with Crippen molar-refractivity contribution in [2.45, 2.75) is 12.2 Å². The first kappa shape index (κ1) is 15.4. The summed E-state index contributed by atoms with van der Waals surface area (Å²) in [6.07, 6.45) is -4.35. The van der Waals surface area contributed by atoms with Crippen LogP contribution in [0.1, 0.15) is 11.6 Å². The maximum Gasteiger partial charge on any atom is 0.411 e. The fraction of sp³-hybridized carbons (Fsp3) is 0.455. The minimum absolute atomic E-state index is 0.145. The normalized spacial score (nSPS) is 13.7. The van der Waals surface area contributed by atoms with Crippen molar-refractivity contribution in [3.63, 3.8) is 0 Å². The SMILES string of the molecule is CNC(COCC(F)(F)F)c1ccc(F)c(Br)c1. The van der Waals surface area contributed by atoms with E-state index in [2.05, 4.69) is 26.0 Å². The van der Waals surface area contributed by atoms with E-state index in [0.29, 0.717) is 5.56 Å². The van der Waals surface area contributed by atoms with E-state index in [1.54, 1.807) is 7.05 Å². The lowest BCUT2D eigenvalue weighted by atomic mass is 10.1. The van der Waals surface area contributed by atoms with Crippen LogP contribution in [0.4, 0.5) is 17.6 Å². The summed E-state index contributed by atoms with van der Waals surface area (Å²) in [7, 11) is 1.60. The number of alkyl halides is 3. The Morgan fingerprint density at radius 1 is 1.39 bits per heavy atom. The van der Waals surface area contributed by atoms with Crippen LogP contribution in [0.3, 0.4) is 0 Å². The number of rotatable bonds is 5. The van der Waals surface area contributed by atoms with E-state index >= 15 is 0 Å². The van der Waals surface area contributed by atoms with Gasteiger partial charge in [0.25, 0.3) is 0 Å². The van der Waals surface area contributed by atoms with E-state index in [1.807, 2.05) is 0 Å². The summed E-state index contributed by atoms with van der Waals surface area (Å²) in [4.78, 5) is 0. The van der Waals surface area contributed by atoms with Crippen LogP contribution in [0, 0.1) is 5.82 Å². The Kier molecular flexibility index (Phi) is 5.55. The van der Waals surface area contributed by atoms with Gasteiger partial charge in [-0.15, -0.1) is 0 Å². The Morgan fingerprint density at radius 2 is 2.06 bits per heavy atom. The van der Waals surface area contributed by atoms with Crippen molar-refractivity contribution in [1.29, 1.82) is 0 Å². The number of ether oxygens (including phenoxy) is 1. The second kappa shape index (κ2) is 6.49. The van der Waals surface area contributed by atoms with Crippen LogP contribution < -0.4 is 5.32 Å². The molecule has 0 saturated carbocycles. The molecular weight excluding hydrogens is 318 g/mol. The maximum absolute atomic E-state index is 13.0. The first-order valence-corrected chi connectivity index (χ1v) is 5.89. The topological polar surface area (TPSA) is 21.3 Å². The first-order chi connectivity index (χ1) is 8.33. The van der Waals surface area contributed by atoms with Gasteiger partial charge in [0.2, 0.25) is 0 Å². The van der Waals surface area contributed by atoms with Crippen molar-refractivity contribution in [2.75, 3.05) is 20.3 Å². The number of halogens is 5. The van der Waals surface area contributed by atoms with E-state index in [-0.39, 0.29) is 11.1 Å². The van der Waals surface area contributed by atoms with E-state index in [1.165, 1.54) is 18.2 Å². The van der Waals surface area contributed by atoms with Gasteiger partial charge in [-0.2, -0.15) is 13.2 Å². The van der Waals surface area contributed by atoms with Crippen molar-refractivity contribution in [3.8, 4) is 0 Å². The van der Waals surface area contributed by atoms with Crippen LogP contribution in [0.15, 0.2) is 22.7 Å². The standard InChI is InChI=1S/C11H12BrF4NO/c1-17-10(5-18-6-11(14,15)16)7-2-3-9(13)8(12)4-7/h2-4,10,17H,5-6H2,1H3. The van der Waals surface area contributed by atoms with Gasteiger partial charge < -0.3 is 10.1 Å². The molecule has 0 saturated heterocycles. The second-order valence-electron chi connectivity index (χ2n) is 3.65. The molecular formula is C11H12BrF4NO. The quantitative estimate of drug-likeness (QED) is 0.836. The van der Waals surface area contributed by atoms with Crippen LogP contribution in [0.2, 0.25) is 0 Å². The fourth-order valence-corrected chi connectivity index (χ4v) is 1.76. The molecule has 1 aromatic carbocycles. The third-order valence-corrected chi connectivity index (χ3v) is 2.85. The summed E-state index contributed by atoms with van der Waals surface area (Å²) in [6, 6.07) is 3.82. The fourth-order valence-electron chi connectivity index (χ4n) is 1.37. The molecule has 0 bridgehead atoms. The van der Waals surface area contributed by atoms with Crippen molar-refractivity contribution >= 4 is 15.9 Å². The monoisotopic (exact) mass is 329 g/mol. The lowest BCUT2D eigenvalue weighted by Crippen LogP contribution is -2.25. The molecule has 1 rings (SSSR count). The minimum Gasteiger partial charge on any atom is -0.370 e. The predicted molar refractivity (Wildman–Crippen MR) is 62.8 cm³/mol. The van der Waals surface area contributed by atoms with Gasteiger partial charge in [-0.25, -0.2) is 4.39 Å². The lowest BCUT2D eigenvalue weighted by Gasteiger charge is -2.18. The average Bonchev–Trinajstić information content (AvgIpc) is 2.27. The Bertz CT molecular complexity index is 397. The zero-order valence-corrected chi connectivity index (χ0v) is 11.1. The molecule has 0 heterocycles. The average molecular weight is 330 g/mol. The minimum atomic E-state index is -4.35. The third-order valence-electron chi connectivity index (χ3n) is 2.24. The van der Waals surface area contributed by atoms with Crippen molar-refractivity contribution in [1.82, 2.24) is 5.32 Å². The van der Waals surface area contributed by atoms with Gasteiger partial charge in [-0.3, -0.25) is 0 Å². The Hall–Kier alpha value is -0.660. The predicted octanol–water partition coefficient (Wildman–Crippen LogP) is 3.43. The van der Waals surface area contributed by atoms with Crippen LogP contribution in [0.25, 0.3) is 0 Å². The van der Waals surface area contributed by atoms with Crippen molar-refractivity contribution in [3.05, 3.63) is 34.1 Å². The van der Waals surface area contributed by atoms with Crippen LogP contribution >= 0.6 is 15.9 Å². The summed E-state index contributed by atoms with van der Waals surface area (Å²) in [5.74, 6) is -0.426. The maximum atomic E-state index is 13.0. The van der Waals surface area contributed by atoms with Gasteiger partial charge >= 0.3 is 6.18 Å². The van der Waals surface area contributed by atoms with Gasteiger partial charge in [0.15, 0.2) is 0 Å². The molecule has 7 heteroatoms. The van der Waals surface area contributed by atoms with Crippen molar-refractivity contribution in [2.24, 2.45) is 0 Å². The molecule has 1 N–H and O–H groups in total. The summed E-state index contributed by atoms with van der Waals surface area (Å²) < 4.78 is 53.6. The Morgan fingerprint density at radius 3 is 2.56 bits per heavy atom. The number of hydrogen-bond acceptors (Lipinski definition) is 2. The van der Waals surface area contributed by atoms with E-state index < -0.39 is 24.6 Å². The number of benzene rings is 1. The largest absolute Gasteiger partial charge is 0.411 e. The lowest BCUT2D eigenvalue weighted by molar-refractivity contribution is -0.175. The molecule has 0 spiro atoms. The number of likely N-dealkylation sites (N-methyl/N-ethyl adjacent to an activating group) is 1. The van der Waals surface area contributed by atoms with Gasteiger partial charge in [-0.05, 0) is 40.7 Å².